The van der Waals surface area contributed by atoms with E-state index in [1.807, 2.05) is 36.4 Å². The minimum atomic E-state index is 0.00981. The lowest BCUT2D eigenvalue weighted by Gasteiger charge is -2.02. The SMILES string of the molecule is O=C(Nc1ccccc1)c1cc2c(s1)CCC2. The van der Waals surface area contributed by atoms with Crippen LogP contribution in [0.4, 0.5) is 5.69 Å². The van der Waals surface area contributed by atoms with Gasteiger partial charge in [0, 0.05) is 10.6 Å². The van der Waals surface area contributed by atoms with Crippen molar-refractivity contribution in [3.63, 3.8) is 0 Å². The van der Waals surface area contributed by atoms with Gasteiger partial charge in [-0.15, -0.1) is 11.3 Å². The van der Waals surface area contributed by atoms with E-state index >= 15 is 0 Å². The van der Waals surface area contributed by atoms with Crippen molar-refractivity contribution in [1.29, 1.82) is 0 Å². The van der Waals surface area contributed by atoms with Crippen LogP contribution >= 0.6 is 11.3 Å². The van der Waals surface area contributed by atoms with Gasteiger partial charge in [-0.25, -0.2) is 0 Å². The Labute approximate surface area is 104 Å². The van der Waals surface area contributed by atoms with Gasteiger partial charge < -0.3 is 5.32 Å². The Hall–Kier alpha value is -1.61. The van der Waals surface area contributed by atoms with Gasteiger partial charge in [0.25, 0.3) is 5.91 Å². The van der Waals surface area contributed by atoms with E-state index in [0.29, 0.717) is 0 Å². The average molecular weight is 243 g/mol. The number of carbonyl (C=O) groups is 1. The first-order chi connectivity index (χ1) is 8.33. The molecule has 0 saturated heterocycles. The summed E-state index contributed by atoms with van der Waals surface area (Å²) in [6.45, 7) is 0. The molecule has 0 bridgehead atoms. The summed E-state index contributed by atoms with van der Waals surface area (Å²) in [6, 6.07) is 11.6. The zero-order valence-electron chi connectivity index (χ0n) is 9.40. The molecule has 1 aromatic carbocycles. The second-order valence-corrected chi connectivity index (χ2v) is 5.37. The van der Waals surface area contributed by atoms with Crippen molar-refractivity contribution in [1.82, 2.24) is 0 Å². The van der Waals surface area contributed by atoms with E-state index < -0.39 is 0 Å². The maximum Gasteiger partial charge on any atom is 0.265 e. The Morgan fingerprint density at radius 1 is 1.18 bits per heavy atom. The summed E-state index contributed by atoms with van der Waals surface area (Å²) >= 11 is 1.64. The number of aryl methyl sites for hydroxylation is 2. The monoisotopic (exact) mass is 243 g/mol. The highest BCUT2D eigenvalue weighted by atomic mass is 32.1. The molecule has 0 saturated carbocycles. The lowest BCUT2D eigenvalue weighted by molar-refractivity contribution is 0.103. The van der Waals surface area contributed by atoms with Crippen LogP contribution in [0.2, 0.25) is 0 Å². The average Bonchev–Trinajstić information content (AvgIpc) is 2.90. The Bertz CT molecular complexity index is 523. The van der Waals surface area contributed by atoms with Crippen LogP contribution in [0.15, 0.2) is 36.4 Å². The quantitative estimate of drug-likeness (QED) is 0.859. The standard InChI is InChI=1S/C14H13NOS/c16-14(15-11-6-2-1-3-7-11)13-9-10-5-4-8-12(10)17-13/h1-3,6-7,9H,4-5,8H2,(H,15,16). The summed E-state index contributed by atoms with van der Waals surface area (Å²) in [5, 5.41) is 2.92. The Balaban J connectivity index is 1.78. The first-order valence-electron chi connectivity index (χ1n) is 5.81. The fourth-order valence-electron chi connectivity index (χ4n) is 2.16. The number of thiophene rings is 1. The maximum absolute atomic E-state index is 12.0. The number of anilines is 1. The van der Waals surface area contributed by atoms with E-state index in [1.54, 1.807) is 11.3 Å². The number of benzene rings is 1. The zero-order chi connectivity index (χ0) is 11.7. The Morgan fingerprint density at radius 2 is 2.00 bits per heavy atom. The molecule has 17 heavy (non-hydrogen) atoms. The highest BCUT2D eigenvalue weighted by Gasteiger charge is 2.18. The Morgan fingerprint density at radius 3 is 2.76 bits per heavy atom. The van der Waals surface area contributed by atoms with E-state index in [-0.39, 0.29) is 5.91 Å². The molecule has 0 fully saturated rings. The van der Waals surface area contributed by atoms with Gasteiger partial charge in [-0.3, -0.25) is 4.79 Å². The van der Waals surface area contributed by atoms with Crippen molar-refractivity contribution < 1.29 is 4.79 Å². The summed E-state index contributed by atoms with van der Waals surface area (Å²) in [4.78, 5) is 14.2. The van der Waals surface area contributed by atoms with Crippen molar-refractivity contribution in [2.45, 2.75) is 19.3 Å². The van der Waals surface area contributed by atoms with E-state index in [0.717, 1.165) is 23.4 Å². The van der Waals surface area contributed by atoms with Gasteiger partial charge in [-0.1, -0.05) is 18.2 Å². The number of para-hydroxylation sites is 1. The van der Waals surface area contributed by atoms with Crippen LogP contribution in [0, 0.1) is 0 Å². The largest absolute Gasteiger partial charge is 0.321 e. The molecule has 1 aliphatic rings. The van der Waals surface area contributed by atoms with Gasteiger partial charge >= 0.3 is 0 Å². The van der Waals surface area contributed by atoms with Gasteiger partial charge in [-0.2, -0.15) is 0 Å². The van der Waals surface area contributed by atoms with Crippen molar-refractivity contribution >= 4 is 22.9 Å². The van der Waals surface area contributed by atoms with Crippen molar-refractivity contribution in [3.8, 4) is 0 Å². The predicted octanol–water partition coefficient (Wildman–Crippen LogP) is 3.49. The van der Waals surface area contributed by atoms with Gasteiger partial charge in [0.05, 0.1) is 4.88 Å². The predicted molar refractivity (Wildman–Crippen MR) is 70.7 cm³/mol. The molecule has 3 rings (SSSR count). The van der Waals surface area contributed by atoms with Crippen LogP contribution in [-0.2, 0) is 12.8 Å². The molecule has 1 aliphatic carbocycles. The molecule has 1 N–H and O–H groups in total. The van der Waals surface area contributed by atoms with E-state index in [4.69, 9.17) is 0 Å². The molecule has 0 atom stereocenters. The molecule has 2 aromatic rings. The summed E-state index contributed by atoms with van der Waals surface area (Å²) in [5.74, 6) is 0.00981. The number of nitrogens with one attached hydrogen (secondary N) is 1. The molecule has 0 unspecified atom stereocenters. The van der Waals surface area contributed by atoms with Crippen molar-refractivity contribution in [3.05, 3.63) is 51.7 Å². The molecular weight excluding hydrogens is 230 g/mol. The van der Waals surface area contributed by atoms with E-state index in [9.17, 15) is 4.79 Å². The lowest BCUT2D eigenvalue weighted by Crippen LogP contribution is -2.09. The van der Waals surface area contributed by atoms with Gasteiger partial charge in [-0.05, 0) is 43.0 Å². The molecule has 0 aliphatic heterocycles. The fourth-order valence-corrected chi connectivity index (χ4v) is 3.30. The molecule has 0 spiro atoms. The first kappa shape index (κ1) is 10.5. The minimum Gasteiger partial charge on any atom is -0.321 e. The molecule has 1 amide bonds. The Kier molecular flexibility index (Phi) is 2.69. The molecular formula is C14H13NOS. The van der Waals surface area contributed by atoms with Crippen LogP contribution in [0.3, 0.4) is 0 Å². The molecule has 1 heterocycles. The molecule has 2 nitrogen and oxygen atoms in total. The fraction of sp³-hybridized carbons (Fsp3) is 0.214. The molecule has 3 heteroatoms. The molecule has 1 aromatic heterocycles. The second kappa shape index (κ2) is 4.34. The number of hydrogen-bond donors (Lipinski definition) is 1. The maximum atomic E-state index is 12.0. The normalized spacial score (nSPS) is 13.4. The summed E-state index contributed by atoms with van der Waals surface area (Å²) < 4.78 is 0. The lowest BCUT2D eigenvalue weighted by atomic mass is 10.2. The second-order valence-electron chi connectivity index (χ2n) is 4.23. The smallest absolute Gasteiger partial charge is 0.265 e. The highest BCUT2D eigenvalue weighted by molar-refractivity contribution is 7.14. The first-order valence-corrected chi connectivity index (χ1v) is 6.62. The van der Waals surface area contributed by atoms with Crippen LogP contribution in [0.25, 0.3) is 0 Å². The van der Waals surface area contributed by atoms with E-state index in [1.165, 1.54) is 16.9 Å². The summed E-state index contributed by atoms with van der Waals surface area (Å²) in [5.41, 5.74) is 2.22. The summed E-state index contributed by atoms with van der Waals surface area (Å²) in [6.07, 6.45) is 3.50. The van der Waals surface area contributed by atoms with Gasteiger partial charge in [0.1, 0.15) is 0 Å². The number of hydrogen-bond acceptors (Lipinski definition) is 2. The number of fused-ring (bicyclic) bond motifs is 1. The van der Waals surface area contributed by atoms with Crippen LogP contribution in [0.1, 0.15) is 26.5 Å². The third-order valence-corrected chi connectivity index (χ3v) is 4.24. The van der Waals surface area contributed by atoms with Crippen molar-refractivity contribution in [2.75, 3.05) is 5.32 Å². The number of rotatable bonds is 2. The molecule has 0 radical (unpaired) electrons. The number of carbonyl (C=O) groups excluding carboxylic acids is 1. The highest BCUT2D eigenvalue weighted by Crippen LogP contribution is 2.30. The van der Waals surface area contributed by atoms with Crippen LogP contribution in [-0.4, -0.2) is 5.91 Å². The number of amides is 1. The van der Waals surface area contributed by atoms with E-state index in [2.05, 4.69) is 5.32 Å². The van der Waals surface area contributed by atoms with Gasteiger partial charge in [0.2, 0.25) is 0 Å². The van der Waals surface area contributed by atoms with Crippen LogP contribution < -0.4 is 5.32 Å². The third-order valence-electron chi connectivity index (χ3n) is 3.00. The van der Waals surface area contributed by atoms with Crippen LogP contribution in [0.5, 0.6) is 0 Å². The molecule has 86 valence electrons. The summed E-state index contributed by atoms with van der Waals surface area (Å²) in [7, 11) is 0. The zero-order valence-corrected chi connectivity index (χ0v) is 10.2. The topological polar surface area (TPSA) is 29.1 Å². The van der Waals surface area contributed by atoms with Crippen molar-refractivity contribution in [2.24, 2.45) is 0 Å². The third kappa shape index (κ3) is 2.11. The van der Waals surface area contributed by atoms with Gasteiger partial charge in [0.15, 0.2) is 0 Å². The minimum absolute atomic E-state index is 0.00981.